The normalized spacial score (nSPS) is 13.3. The standard InChI is InChI=1S/C29H34N4O3/c1-20-13-14-24(17-21(20)2)18-25(34)32(16-15-22-9-5-3-6-10-22)26-27(30)33(29(36)31-28(26)35)19-23-11-7-4-8-12-23/h4,7-9,11-14,17H,3,5-6,10,15-16,18-19,30H2,1-2H3,(H,31,35,36). The van der Waals surface area contributed by atoms with E-state index in [0.29, 0.717) is 13.0 Å². The maximum Gasteiger partial charge on any atom is 0.330 e. The Kier molecular flexibility index (Phi) is 7.88. The fraction of sp³-hybridized carbons (Fsp3) is 0.345. The van der Waals surface area contributed by atoms with Crippen molar-refractivity contribution in [1.82, 2.24) is 9.55 Å². The van der Waals surface area contributed by atoms with Gasteiger partial charge < -0.3 is 10.6 Å². The van der Waals surface area contributed by atoms with Crippen molar-refractivity contribution in [2.75, 3.05) is 17.2 Å². The summed E-state index contributed by atoms with van der Waals surface area (Å²) in [6.07, 6.45) is 7.38. The third-order valence-corrected chi connectivity index (χ3v) is 6.94. The van der Waals surface area contributed by atoms with Crippen LogP contribution >= 0.6 is 0 Å². The third kappa shape index (κ3) is 5.85. The number of anilines is 2. The zero-order valence-corrected chi connectivity index (χ0v) is 21.0. The lowest BCUT2D eigenvalue weighted by Gasteiger charge is -2.26. The highest BCUT2D eigenvalue weighted by molar-refractivity contribution is 5.96. The lowest BCUT2D eigenvalue weighted by atomic mass is 9.97. The fourth-order valence-electron chi connectivity index (χ4n) is 4.69. The molecule has 36 heavy (non-hydrogen) atoms. The Morgan fingerprint density at radius 2 is 1.81 bits per heavy atom. The van der Waals surface area contributed by atoms with Crippen molar-refractivity contribution >= 4 is 17.4 Å². The minimum atomic E-state index is -0.645. The number of hydrogen-bond acceptors (Lipinski definition) is 4. The van der Waals surface area contributed by atoms with Gasteiger partial charge in [-0.05, 0) is 68.2 Å². The van der Waals surface area contributed by atoms with Gasteiger partial charge in [-0.2, -0.15) is 0 Å². The van der Waals surface area contributed by atoms with Gasteiger partial charge in [0.25, 0.3) is 5.56 Å². The second kappa shape index (κ2) is 11.2. The summed E-state index contributed by atoms with van der Waals surface area (Å²) in [5, 5.41) is 0. The number of benzene rings is 2. The number of nitrogens with two attached hydrogens (primary N) is 1. The molecule has 0 saturated heterocycles. The van der Waals surface area contributed by atoms with Crippen LogP contribution in [0.4, 0.5) is 11.5 Å². The van der Waals surface area contributed by atoms with Crippen LogP contribution in [0.1, 0.15) is 54.4 Å². The Hall–Kier alpha value is -3.87. The lowest BCUT2D eigenvalue weighted by molar-refractivity contribution is -0.118. The van der Waals surface area contributed by atoms with E-state index in [-0.39, 0.29) is 30.4 Å². The van der Waals surface area contributed by atoms with Crippen molar-refractivity contribution in [3.8, 4) is 0 Å². The maximum absolute atomic E-state index is 13.7. The molecule has 1 amide bonds. The number of nitrogens with one attached hydrogen (secondary N) is 1. The second-order valence-electron chi connectivity index (χ2n) is 9.56. The van der Waals surface area contributed by atoms with E-state index in [2.05, 4.69) is 11.1 Å². The van der Waals surface area contributed by atoms with E-state index in [0.717, 1.165) is 41.5 Å². The molecule has 1 aliphatic rings. The Morgan fingerprint density at radius 1 is 1.03 bits per heavy atom. The summed E-state index contributed by atoms with van der Waals surface area (Å²) >= 11 is 0. The van der Waals surface area contributed by atoms with Crippen LogP contribution in [-0.2, 0) is 17.8 Å². The molecule has 3 aromatic rings. The summed E-state index contributed by atoms with van der Waals surface area (Å²) in [4.78, 5) is 43.3. The summed E-state index contributed by atoms with van der Waals surface area (Å²) in [5.74, 6) is -0.226. The third-order valence-electron chi connectivity index (χ3n) is 6.94. The van der Waals surface area contributed by atoms with Gasteiger partial charge in [-0.3, -0.25) is 19.1 Å². The van der Waals surface area contributed by atoms with E-state index in [9.17, 15) is 14.4 Å². The number of rotatable bonds is 8. The molecule has 0 aliphatic heterocycles. The predicted octanol–water partition coefficient (Wildman–Crippen LogP) is 4.25. The quantitative estimate of drug-likeness (QED) is 0.465. The van der Waals surface area contributed by atoms with Crippen LogP contribution in [-0.4, -0.2) is 22.0 Å². The van der Waals surface area contributed by atoms with E-state index in [1.54, 1.807) is 0 Å². The lowest BCUT2D eigenvalue weighted by Crippen LogP contribution is -2.42. The number of H-pyrrole nitrogens is 1. The molecule has 188 valence electrons. The van der Waals surface area contributed by atoms with E-state index in [4.69, 9.17) is 5.73 Å². The number of amides is 1. The molecule has 0 bridgehead atoms. The Bertz CT molecular complexity index is 1390. The van der Waals surface area contributed by atoms with Crippen molar-refractivity contribution in [1.29, 1.82) is 0 Å². The van der Waals surface area contributed by atoms with Gasteiger partial charge in [0.15, 0.2) is 5.69 Å². The van der Waals surface area contributed by atoms with Gasteiger partial charge >= 0.3 is 5.69 Å². The Balaban J connectivity index is 1.71. The maximum atomic E-state index is 13.7. The summed E-state index contributed by atoms with van der Waals surface area (Å²) in [6, 6.07) is 15.3. The van der Waals surface area contributed by atoms with Gasteiger partial charge in [0.1, 0.15) is 5.82 Å². The smallest absolute Gasteiger partial charge is 0.330 e. The zero-order valence-electron chi connectivity index (χ0n) is 21.0. The van der Waals surface area contributed by atoms with Crippen LogP contribution in [0.3, 0.4) is 0 Å². The summed E-state index contributed by atoms with van der Waals surface area (Å²) in [5.41, 5.74) is 10.5. The van der Waals surface area contributed by atoms with Crippen LogP contribution < -0.4 is 21.9 Å². The van der Waals surface area contributed by atoms with Gasteiger partial charge in [0, 0.05) is 6.54 Å². The number of aryl methyl sites for hydroxylation is 2. The predicted molar refractivity (Wildman–Crippen MR) is 144 cm³/mol. The molecular weight excluding hydrogens is 452 g/mol. The van der Waals surface area contributed by atoms with E-state index in [1.165, 1.54) is 21.5 Å². The highest BCUT2D eigenvalue weighted by Gasteiger charge is 2.25. The summed E-state index contributed by atoms with van der Waals surface area (Å²) in [7, 11) is 0. The minimum Gasteiger partial charge on any atom is -0.383 e. The molecule has 7 nitrogen and oxygen atoms in total. The number of nitrogens with zero attached hydrogens (tertiary/aromatic N) is 2. The number of allylic oxidation sites excluding steroid dienone is 1. The average molecular weight is 487 g/mol. The monoisotopic (exact) mass is 486 g/mol. The Labute approximate surface area is 211 Å². The molecule has 1 heterocycles. The van der Waals surface area contributed by atoms with Crippen LogP contribution in [0.2, 0.25) is 0 Å². The number of carbonyl (C=O) groups is 1. The first-order chi connectivity index (χ1) is 17.3. The largest absolute Gasteiger partial charge is 0.383 e. The molecule has 0 saturated carbocycles. The fourth-order valence-corrected chi connectivity index (χ4v) is 4.69. The second-order valence-corrected chi connectivity index (χ2v) is 9.56. The van der Waals surface area contributed by atoms with Gasteiger partial charge in [-0.25, -0.2) is 4.79 Å². The van der Waals surface area contributed by atoms with Gasteiger partial charge in [-0.15, -0.1) is 0 Å². The van der Waals surface area contributed by atoms with Gasteiger partial charge in [0.05, 0.1) is 13.0 Å². The summed E-state index contributed by atoms with van der Waals surface area (Å²) in [6.45, 7) is 4.56. The van der Waals surface area contributed by atoms with Crippen molar-refractivity contribution in [3.05, 3.63) is 103 Å². The highest BCUT2D eigenvalue weighted by Crippen LogP contribution is 2.24. The SMILES string of the molecule is Cc1ccc(CC(=O)N(CCC2=CCCCC2)c2c(N)n(Cc3ccccc3)c(=O)[nH]c2=O)cc1C. The molecule has 1 aromatic heterocycles. The van der Waals surface area contributed by atoms with Gasteiger partial charge in [0.2, 0.25) is 5.91 Å². The molecular formula is C29H34N4O3. The van der Waals surface area contributed by atoms with E-state index < -0.39 is 11.2 Å². The number of carbonyl (C=O) groups excluding carboxylic acids is 1. The van der Waals surface area contributed by atoms with Gasteiger partial charge in [-0.1, -0.05) is 60.2 Å². The van der Waals surface area contributed by atoms with Crippen molar-refractivity contribution in [3.63, 3.8) is 0 Å². The zero-order chi connectivity index (χ0) is 25.7. The molecule has 2 aromatic carbocycles. The first-order valence-electron chi connectivity index (χ1n) is 12.5. The molecule has 0 unspecified atom stereocenters. The summed E-state index contributed by atoms with van der Waals surface area (Å²) < 4.78 is 1.32. The van der Waals surface area contributed by atoms with Crippen LogP contribution in [0.25, 0.3) is 0 Å². The van der Waals surface area contributed by atoms with Crippen molar-refractivity contribution in [2.24, 2.45) is 0 Å². The van der Waals surface area contributed by atoms with Crippen LogP contribution in [0.5, 0.6) is 0 Å². The number of aromatic nitrogens is 2. The molecule has 3 N–H and O–H groups in total. The highest BCUT2D eigenvalue weighted by atomic mass is 16.2. The molecule has 0 fully saturated rings. The van der Waals surface area contributed by atoms with E-state index >= 15 is 0 Å². The molecule has 7 heteroatoms. The van der Waals surface area contributed by atoms with Crippen LogP contribution in [0.15, 0.2) is 69.8 Å². The first-order valence-corrected chi connectivity index (χ1v) is 12.5. The number of nitrogen functional groups attached to an aromatic ring is 1. The van der Waals surface area contributed by atoms with E-state index in [1.807, 2.05) is 62.4 Å². The van der Waals surface area contributed by atoms with Crippen molar-refractivity contribution in [2.45, 2.75) is 58.9 Å². The first kappa shape index (κ1) is 25.2. The molecule has 0 atom stereocenters. The molecule has 0 spiro atoms. The molecule has 0 radical (unpaired) electrons. The minimum absolute atomic E-state index is 0.00124. The topological polar surface area (TPSA) is 101 Å². The Morgan fingerprint density at radius 3 is 2.50 bits per heavy atom. The molecule has 1 aliphatic carbocycles. The van der Waals surface area contributed by atoms with Crippen molar-refractivity contribution < 1.29 is 4.79 Å². The number of aromatic amines is 1. The average Bonchev–Trinajstić information content (AvgIpc) is 2.87. The molecule has 4 rings (SSSR count). The number of hydrogen-bond donors (Lipinski definition) is 2. The van der Waals surface area contributed by atoms with Crippen LogP contribution in [0, 0.1) is 13.8 Å².